The monoisotopic (exact) mass is 296 g/mol. The third-order valence-corrected chi connectivity index (χ3v) is 3.02. The van der Waals surface area contributed by atoms with Crippen molar-refractivity contribution in [1.29, 1.82) is 0 Å². The summed E-state index contributed by atoms with van der Waals surface area (Å²) < 4.78 is 2.58. The van der Waals surface area contributed by atoms with Gasteiger partial charge in [-0.05, 0) is 28.4 Å². The van der Waals surface area contributed by atoms with Crippen molar-refractivity contribution in [2.75, 3.05) is 0 Å². The Kier molecular flexibility index (Phi) is 3.86. The minimum absolute atomic E-state index is 0.568. The number of halogens is 1. The van der Waals surface area contributed by atoms with E-state index < -0.39 is 6.10 Å². The van der Waals surface area contributed by atoms with Crippen LogP contribution in [0.5, 0.6) is 0 Å². The lowest BCUT2D eigenvalue weighted by molar-refractivity contribution is 0.201. The third-order valence-electron chi connectivity index (χ3n) is 2.41. The Morgan fingerprint density at radius 3 is 3.00 bits per heavy atom. The van der Waals surface area contributed by atoms with Gasteiger partial charge in [0.05, 0.1) is 22.1 Å². The summed E-state index contributed by atoms with van der Waals surface area (Å²) in [7, 11) is 0. The first-order valence-electron chi connectivity index (χ1n) is 5.39. The second-order valence-electron chi connectivity index (χ2n) is 3.64. The number of rotatable bonds is 4. The Morgan fingerprint density at radius 1 is 1.53 bits per heavy atom. The number of nitrogens with zero attached hydrogens (tertiary/aromatic N) is 4. The molecule has 2 aromatic rings. The Labute approximate surface area is 108 Å². The molecule has 1 unspecified atom stereocenters. The summed E-state index contributed by atoms with van der Waals surface area (Å²) in [5.74, 6) is 0. The lowest BCUT2D eigenvalue weighted by Crippen LogP contribution is -2.11. The maximum absolute atomic E-state index is 10.3. The number of aromatic nitrogens is 4. The molecule has 0 spiro atoms. The molecule has 2 rings (SSSR count). The number of hydrogen-bond donors (Lipinski definition) is 1. The molecule has 1 atom stereocenters. The van der Waals surface area contributed by atoms with Crippen LogP contribution in [0.25, 0.3) is 0 Å². The number of aliphatic hydroxyl groups excluding tert-OH is 1. The maximum atomic E-state index is 10.3. The zero-order chi connectivity index (χ0) is 12.3. The lowest BCUT2D eigenvalue weighted by atomic mass is 10.2. The Bertz CT molecular complexity index is 485. The summed E-state index contributed by atoms with van der Waals surface area (Å²) in [6.45, 7) is 2.83. The lowest BCUT2D eigenvalue weighted by Gasteiger charge is -2.13. The molecule has 6 heteroatoms. The molecule has 17 heavy (non-hydrogen) atoms. The van der Waals surface area contributed by atoms with E-state index in [9.17, 15) is 5.11 Å². The Balaban J connectivity index is 2.36. The van der Waals surface area contributed by atoms with Gasteiger partial charge in [-0.15, -0.1) is 0 Å². The fourth-order valence-corrected chi connectivity index (χ4v) is 2.15. The predicted molar refractivity (Wildman–Crippen MR) is 66.3 cm³/mol. The standard InChI is InChI=1S/C11H13BrN4O/c1-2-5-16-10(8(12)6-15-16)11(17)9-3-4-13-7-14-9/h3-4,6-7,11,17H,2,5H2,1H3. The normalized spacial score (nSPS) is 12.6. The molecule has 2 heterocycles. The molecular formula is C11H13BrN4O. The van der Waals surface area contributed by atoms with Crippen molar-refractivity contribution in [2.45, 2.75) is 26.0 Å². The molecule has 1 N–H and O–H groups in total. The van der Waals surface area contributed by atoms with E-state index in [1.807, 2.05) is 0 Å². The number of aliphatic hydroxyl groups is 1. The molecule has 5 nitrogen and oxygen atoms in total. The van der Waals surface area contributed by atoms with Crippen molar-refractivity contribution < 1.29 is 5.11 Å². The van der Waals surface area contributed by atoms with Gasteiger partial charge in [-0.3, -0.25) is 4.68 Å². The molecule has 90 valence electrons. The SMILES string of the molecule is CCCn1ncc(Br)c1C(O)c1ccncn1. The van der Waals surface area contributed by atoms with Crippen LogP contribution in [-0.4, -0.2) is 24.9 Å². The summed E-state index contributed by atoms with van der Waals surface area (Å²) in [6, 6.07) is 1.69. The van der Waals surface area contributed by atoms with Gasteiger partial charge in [-0.1, -0.05) is 6.92 Å². The fourth-order valence-electron chi connectivity index (χ4n) is 1.64. The molecule has 0 bridgehead atoms. The van der Waals surface area contributed by atoms with Crippen LogP contribution in [0.15, 0.2) is 29.3 Å². The van der Waals surface area contributed by atoms with E-state index in [0.717, 1.165) is 23.1 Å². The Morgan fingerprint density at radius 2 is 2.35 bits per heavy atom. The van der Waals surface area contributed by atoms with E-state index in [4.69, 9.17) is 0 Å². The first-order chi connectivity index (χ1) is 8.24. The van der Waals surface area contributed by atoms with Gasteiger partial charge in [-0.25, -0.2) is 9.97 Å². The van der Waals surface area contributed by atoms with Crippen molar-refractivity contribution in [1.82, 2.24) is 19.7 Å². The van der Waals surface area contributed by atoms with Crippen LogP contribution < -0.4 is 0 Å². The second kappa shape index (κ2) is 5.37. The van der Waals surface area contributed by atoms with Crippen LogP contribution in [0.2, 0.25) is 0 Å². The zero-order valence-corrected chi connectivity index (χ0v) is 11.0. The smallest absolute Gasteiger partial charge is 0.139 e. The van der Waals surface area contributed by atoms with E-state index in [1.165, 1.54) is 6.33 Å². The van der Waals surface area contributed by atoms with Crippen LogP contribution >= 0.6 is 15.9 Å². The topological polar surface area (TPSA) is 63.8 Å². The van der Waals surface area contributed by atoms with Gasteiger partial charge in [0.2, 0.25) is 0 Å². The third kappa shape index (κ3) is 2.53. The van der Waals surface area contributed by atoms with Gasteiger partial charge in [0.25, 0.3) is 0 Å². The van der Waals surface area contributed by atoms with E-state index in [0.29, 0.717) is 5.69 Å². The quantitative estimate of drug-likeness (QED) is 0.936. The van der Waals surface area contributed by atoms with E-state index in [2.05, 4.69) is 37.9 Å². The predicted octanol–water partition coefficient (Wildman–Crippen LogP) is 1.93. The van der Waals surface area contributed by atoms with Crippen LogP contribution in [0.3, 0.4) is 0 Å². The summed E-state index contributed by atoms with van der Waals surface area (Å²) in [5, 5.41) is 14.5. The molecule has 0 radical (unpaired) electrons. The first-order valence-corrected chi connectivity index (χ1v) is 6.18. The van der Waals surface area contributed by atoms with Crippen molar-refractivity contribution in [3.63, 3.8) is 0 Å². The van der Waals surface area contributed by atoms with Crippen molar-refractivity contribution >= 4 is 15.9 Å². The first kappa shape index (κ1) is 12.2. The number of hydrogen-bond acceptors (Lipinski definition) is 4. The van der Waals surface area contributed by atoms with Gasteiger partial charge < -0.3 is 5.11 Å². The minimum atomic E-state index is -0.790. The van der Waals surface area contributed by atoms with Gasteiger partial charge in [-0.2, -0.15) is 5.10 Å². The van der Waals surface area contributed by atoms with Crippen molar-refractivity contribution in [2.24, 2.45) is 0 Å². The van der Waals surface area contributed by atoms with E-state index in [-0.39, 0.29) is 0 Å². The highest BCUT2D eigenvalue weighted by molar-refractivity contribution is 9.10. The summed E-state index contributed by atoms with van der Waals surface area (Å²) in [6.07, 6.45) is 4.89. The average molecular weight is 297 g/mol. The van der Waals surface area contributed by atoms with E-state index in [1.54, 1.807) is 23.1 Å². The zero-order valence-electron chi connectivity index (χ0n) is 9.41. The van der Waals surface area contributed by atoms with Gasteiger partial charge >= 0.3 is 0 Å². The minimum Gasteiger partial charge on any atom is -0.380 e. The average Bonchev–Trinajstić information content (AvgIpc) is 2.71. The van der Waals surface area contributed by atoms with Crippen LogP contribution in [-0.2, 0) is 6.54 Å². The number of aryl methyl sites for hydroxylation is 1. The molecule has 0 aliphatic carbocycles. The molecule has 0 amide bonds. The highest BCUT2D eigenvalue weighted by Crippen LogP contribution is 2.27. The molecule has 0 fully saturated rings. The van der Waals surface area contributed by atoms with Crippen LogP contribution in [0.4, 0.5) is 0 Å². The summed E-state index contributed by atoms with van der Waals surface area (Å²) >= 11 is 3.40. The molecule has 2 aromatic heterocycles. The highest BCUT2D eigenvalue weighted by Gasteiger charge is 2.20. The van der Waals surface area contributed by atoms with Gasteiger partial charge in [0.1, 0.15) is 12.4 Å². The molecule has 0 saturated carbocycles. The largest absolute Gasteiger partial charge is 0.380 e. The molecule has 0 aliphatic heterocycles. The van der Waals surface area contributed by atoms with Gasteiger partial charge in [0, 0.05) is 12.7 Å². The fraction of sp³-hybridized carbons (Fsp3) is 0.364. The molecular weight excluding hydrogens is 284 g/mol. The summed E-state index contributed by atoms with van der Waals surface area (Å²) in [4.78, 5) is 7.89. The van der Waals surface area contributed by atoms with Crippen LogP contribution in [0.1, 0.15) is 30.8 Å². The van der Waals surface area contributed by atoms with Crippen LogP contribution in [0, 0.1) is 0 Å². The van der Waals surface area contributed by atoms with Crippen molar-refractivity contribution in [3.05, 3.63) is 40.6 Å². The Hall–Kier alpha value is -1.27. The highest BCUT2D eigenvalue weighted by atomic mass is 79.9. The maximum Gasteiger partial charge on any atom is 0.139 e. The summed E-state index contributed by atoms with van der Waals surface area (Å²) in [5.41, 5.74) is 1.30. The molecule has 0 aromatic carbocycles. The van der Waals surface area contributed by atoms with Gasteiger partial charge in [0.15, 0.2) is 0 Å². The van der Waals surface area contributed by atoms with E-state index >= 15 is 0 Å². The van der Waals surface area contributed by atoms with Crippen molar-refractivity contribution in [3.8, 4) is 0 Å². The second-order valence-corrected chi connectivity index (χ2v) is 4.49. The molecule has 0 aliphatic rings. The molecule has 0 saturated heterocycles.